The van der Waals surface area contributed by atoms with E-state index in [0.717, 1.165) is 51.9 Å². The number of nitrogens with zero attached hydrogens (tertiary/aromatic N) is 3. The number of amides is 2. The minimum absolute atomic E-state index is 0.0854. The van der Waals surface area contributed by atoms with Gasteiger partial charge in [-0.3, -0.25) is 4.98 Å². The zero-order chi connectivity index (χ0) is 19.4. The third kappa shape index (κ3) is 3.63. The topological polar surface area (TPSA) is 48.5 Å². The van der Waals surface area contributed by atoms with E-state index >= 15 is 0 Å². The Balaban J connectivity index is 1.50. The summed E-state index contributed by atoms with van der Waals surface area (Å²) in [4.78, 5) is 21.6. The van der Waals surface area contributed by atoms with Crippen molar-refractivity contribution in [1.29, 1.82) is 0 Å². The van der Waals surface area contributed by atoms with Crippen LogP contribution in [0.1, 0.15) is 36.5 Å². The molecule has 2 aliphatic heterocycles. The SMILES string of the molecule is CCNC(=O)N1CCc2ccccc2C12CCN(CCc1ccncc1)CC2. The number of rotatable bonds is 4. The molecule has 5 nitrogen and oxygen atoms in total. The number of benzene rings is 1. The highest BCUT2D eigenvalue weighted by Gasteiger charge is 2.46. The lowest BCUT2D eigenvalue weighted by atomic mass is 9.74. The first-order valence-electron chi connectivity index (χ1n) is 10.5. The van der Waals surface area contributed by atoms with Gasteiger partial charge in [0.05, 0.1) is 5.54 Å². The van der Waals surface area contributed by atoms with Gasteiger partial charge in [-0.1, -0.05) is 24.3 Å². The molecule has 0 radical (unpaired) electrons. The number of carbonyl (C=O) groups excluding carboxylic acids is 1. The van der Waals surface area contributed by atoms with Crippen LogP contribution in [0.5, 0.6) is 0 Å². The maximum atomic E-state index is 12.9. The van der Waals surface area contributed by atoms with Crippen molar-refractivity contribution in [2.24, 2.45) is 0 Å². The number of urea groups is 1. The average molecular weight is 379 g/mol. The van der Waals surface area contributed by atoms with Gasteiger partial charge < -0.3 is 15.1 Å². The Hall–Kier alpha value is -2.40. The Bertz CT molecular complexity index is 799. The Morgan fingerprint density at radius 1 is 1.11 bits per heavy atom. The summed E-state index contributed by atoms with van der Waals surface area (Å²) in [6, 6.07) is 13.0. The minimum Gasteiger partial charge on any atom is -0.338 e. The molecule has 2 amide bonds. The van der Waals surface area contributed by atoms with Crippen LogP contribution < -0.4 is 5.32 Å². The molecule has 0 unspecified atom stereocenters. The molecule has 2 aliphatic rings. The molecular weight excluding hydrogens is 348 g/mol. The second-order valence-electron chi connectivity index (χ2n) is 7.87. The first-order valence-corrected chi connectivity index (χ1v) is 10.5. The first-order chi connectivity index (χ1) is 13.7. The number of carbonyl (C=O) groups is 1. The quantitative estimate of drug-likeness (QED) is 0.889. The van der Waals surface area contributed by atoms with Gasteiger partial charge in [0.1, 0.15) is 0 Å². The highest BCUT2D eigenvalue weighted by atomic mass is 16.2. The molecule has 4 rings (SSSR count). The zero-order valence-electron chi connectivity index (χ0n) is 16.7. The molecule has 1 saturated heterocycles. The maximum absolute atomic E-state index is 12.9. The highest BCUT2D eigenvalue weighted by molar-refractivity contribution is 5.76. The second kappa shape index (κ2) is 8.31. The number of pyridine rings is 1. The lowest BCUT2D eigenvalue weighted by Gasteiger charge is -2.52. The van der Waals surface area contributed by atoms with Gasteiger partial charge in [0.2, 0.25) is 0 Å². The Labute approximate surface area is 167 Å². The van der Waals surface area contributed by atoms with Crippen LogP contribution >= 0.6 is 0 Å². The van der Waals surface area contributed by atoms with Crippen LogP contribution in [0.2, 0.25) is 0 Å². The Morgan fingerprint density at radius 3 is 2.61 bits per heavy atom. The van der Waals surface area contributed by atoms with Gasteiger partial charge in [0.25, 0.3) is 0 Å². The zero-order valence-corrected chi connectivity index (χ0v) is 16.7. The van der Waals surface area contributed by atoms with Crippen molar-refractivity contribution in [2.75, 3.05) is 32.7 Å². The van der Waals surface area contributed by atoms with Crippen molar-refractivity contribution in [2.45, 2.75) is 38.1 Å². The molecule has 0 saturated carbocycles. The molecule has 5 heteroatoms. The van der Waals surface area contributed by atoms with Gasteiger partial charge in [-0.15, -0.1) is 0 Å². The highest BCUT2D eigenvalue weighted by Crippen LogP contribution is 2.43. The van der Waals surface area contributed by atoms with Crippen LogP contribution in [0.25, 0.3) is 0 Å². The Morgan fingerprint density at radius 2 is 1.86 bits per heavy atom. The van der Waals surface area contributed by atoms with Gasteiger partial charge in [-0.2, -0.15) is 0 Å². The summed E-state index contributed by atoms with van der Waals surface area (Å²) in [7, 11) is 0. The van der Waals surface area contributed by atoms with Crippen molar-refractivity contribution in [3.63, 3.8) is 0 Å². The van der Waals surface area contributed by atoms with Crippen molar-refractivity contribution < 1.29 is 4.79 Å². The normalized spacial score (nSPS) is 18.7. The summed E-state index contributed by atoms with van der Waals surface area (Å²) < 4.78 is 0. The number of hydrogen-bond donors (Lipinski definition) is 1. The molecule has 0 aliphatic carbocycles. The molecule has 1 aromatic carbocycles. The second-order valence-corrected chi connectivity index (χ2v) is 7.87. The first kappa shape index (κ1) is 18.9. The number of nitrogens with one attached hydrogen (secondary N) is 1. The van der Waals surface area contributed by atoms with Gasteiger partial charge >= 0.3 is 6.03 Å². The predicted molar refractivity (Wildman–Crippen MR) is 111 cm³/mol. The summed E-state index contributed by atoms with van der Waals surface area (Å²) in [5.41, 5.74) is 3.94. The van der Waals surface area contributed by atoms with E-state index in [1.807, 2.05) is 19.3 Å². The van der Waals surface area contributed by atoms with E-state index in [1.165, 1.54) is 16.7 Å². The summed E-state index contributed by atoms with van der Waals surface area (Å²) in [6.45, 7) is 6.57. The smallest absolute Gasteiger partial charge is 0.318 e. The number of piperidine rings is 1. The Kier molecular flexibility index (Phi) is 5.62. The molecular formula is C23H30N4O. The molecule has 0 atom stereocenters. The summed E-state index contributed by atoms with van der Waals surface area (Å²) >= 11 is 0. The summed E-state index contributed by atoms with van der Waals surface area (Å²) in [6.07, 6.45) is 7.72. The summed E-state index contributed by atoms with van der Waals surface area (Å²) in [5, 5.41) is 3.04. The van der Waals surface area contributed by atoms with Crippen molar-refractivity contribution >= 4 is 6.03 Å². The van der Waals surface area contributed by atoms with Gasteiger partial charge in [-0.25, -0.2) is 4.79 Å². The fourth-order valence-electron chi connectivity index (χ4n) is 4.85. The van der Waals surface area contributed by atoms with Crippen LogP contribution in [-0.4, -0.2) is 53.5 Å². The van der Waals surface area contributed by atoms with Crippen LogP contribution in [-0.2, 0) is 18.4 Å². The van der Waals surface area contributed by atoms with Crippen molar-refractivity contribution in [3.8, 4) is 0 Å². The molecule has 2 aromatic rings. The van der Waals surface area contributed by atoms with E-state index in [1.54, 1.807) is 0 Å². The molecule has 1 N–H and O–H groups in total. The molecule has 0 bridgehead atoms. The van der Waals surface area contributed by atoms with Crippen molar-refractivity contribution in [1.82, 2.24) is 20.1 Å². The molecule has 1 aromatic heterocycles. The maximum Gasteiger partial charge on any atom is 0.318 e. The van der Waals surface area contributed by atoms with Crippen LogP contribution in [0.3, 0.4) is 0 Å². The number of fused-ring (bicyclic) bond motifs is 2. The van der Waals surface area contributed by atoms with E-state index in [0.29, 0.717) is 6.54 Å². The molecule has 1 spiro atoms. The third-order valence-electron chi connectivity index (χ3n) is 6.36. The average Bonchev–Trinajstić information content (AvgIpc) is 2.75. The largest absolute Gasteiger partial charge is 0.338 e. The number of aromatic nitrogens is 1. The van der Waals surface area contributed by atoms with Crippen LogP contribution in [0, 0.1) is 0 Å². The molecule has 148 valence electrons. The third-order valence-corrected chi connectivity index (χ3v) is 6.36. The minimum atomic E-state index is -0.165. The van der Waals surface area contributed by atoms with E-state index < -0.39 is 0 Å². The fraction of sp³-hybridized carbons (Fsp3) is 0.478. The van der Waals surface area contributed by atoms with Gasteiger partial charge in [-0.05, 0) is 61.4 Å². The number of likely N-dealkylation sites (tertiary alicyclic amines) is 1. The molecule has 3 heterocycles. The lowest BCUT2D eigenvalue weighted by Crippen LogP contribution is -2.60. The molecule has 28 heavy (non-hydrogen) atoms. The fourth-order valence-corrected chi connectivity index (χ4v) is 4.85. The van der Waals surface area contributed by atoms with Crippen LogP contribution in [0.15, 0.2) is 48.8 Å². The van der Waals surface area contributed by atoms with E-state index in [9.17, 15) is 4.79 Å². The predicted octanol–water partition coefficient (Wildman–Crippen LogP) is 3.20. The standard InChI is InChI=1S/C23H30N4O/c1-2-25-22(28)27-16-10-20-5-3-4-6-21(20)23(27)11-17-26(18-12-23)15-9-19-7-13-24-14-8-19/h3-8,13-14H,2,9-12,15-18H2,1H3,(H,25,28). The summed E-state index contributed by atoms with van der Waals surface area (Å²) in [5.74, 6) is 0. The molecule has 1 fully saturated rings. The van der Waals surface area contributed by atoms with Crippen molar-refractivity contribution in [3.05, 3.63) is 65.5 Å². The monoisotopic (exact) mass is 378 g/mol. The van der Waals surface area contributed by atoms with E-state index in [4.69, 9.17) is 0 Å². The van der Waals surface area contributed by atoms with E-state index in [-0.39, 0.29) is 11.6 Å². The van der Waals surface area contributed by atoms with Crippen LogP contribution in [0.4, 0.5) is 4.79 Å². The lowest BCUT2D eigenvalue weighted by molar-refractivity contribution is 0.0359. The number of hydrogen-bond acceptors (Lipinski definition) is 3. The van der Waals surface area contributed by atoms with Gasteiger partial charge in [0.15, 0.2) is 0 Å². The van der Waals surface area contributed by atoms with Gasteiger partial charge in [0, 0.05) is 45.1 Å². The van der Waals surface area contributed by atoms with E-state index in [2.05, 4.69) is 56.5 Å².